The second-order valence-electron chi connectivity index (χ2n) is 6.99. The van der Waals surface area contributed by atoms with Crippen LogP contribution in [0.4, 0.5) is 5.13 Å². The van der Waals surface area contributed by atoms with E-state index in [4.69, 9.17) is 0 Å². The Balaban J connectivity index is 1.53. The molecule has 1 unspecified atom stereocenters. The predicted octanol–water partition coefficient (Wildman–Crippen LogP) is 4.60. The number of amides is 1. The van der Waals surface area contributed by atoms with Gasteiger partial charge in [-0.25, -0.2) is 0 Å². The van der Waals surface area contributed by atoms with Gasteiger partial charge >= 0.3 is 0 Å². The van der Waals surface area contributed by atoms with E-state index in [1.165, 1.54) is 23.1 Å². The lowest BCUT2D eigenvalue weighted by atomic mass is 10.1. The van der Waals surface area contributed by atoms with E-state index in [1.54, 1.807) is 4.90 Å². The van der Waals surface area contributed by atoms with Gasteiger partial charge in [0.1, 0.15) is 0 Å². The van der Waals surface area contributed by atoms with Crippen molar-refractivity contribution in [2.45, 2.75) is 55.7 Å². The van der Waals surface area contributed by atoms with Crippen LogP contribution in [-0.2, 0) is 4.79 Å². The van der Waals surface area contributed by atoms with Gasteiger partial charge in [0.2, 0.25) is 11.0 Å². The minimum Gasteiger partial charge on any atom is -0.358 e. The first-order valence-electron chi connectivity index (χ1n) is 9.43. The van der Waals surface area contributed by atoms with Crippen molar-refractivity contribution in [3.05, 3.63) is 35.5 Å². The zero-order valence-electron chi connectivity index (χ0n) is 16.1. The molecule has 0 spiro atoms. The van der Waals surface area contributed by atoms with Crippen LogP contribution in [0.2, 0.25) is 0 Å². The molecule has 4 rings (SSSR count). The maximum Gasteiger partial charge on any atom is 0.228 e. The summed E-state index contributed by atoms with van der Waals surface area (Å²) >= 11 is 2.79. The van der Waals surface area contributed by atoms with Crippen LogP contribution in [0, 0.1) is 6.92 Å². The lowest BCUT2D eigenvalue weighted by Gasteiger charge is -2.17. The van der Waals surface area contributed by atoms with Crippen LogP contribution in [0.3, 0.4) is 0 Å². The van der Waals surface area contributed by atoms with E-state index in [0.717, 1.165) is 35.0 Å². The van der Waals surface area contributed by atoms with Gasteiger partial charge in [-0.05, 0) is 32.8 Å². The molecule has 1 aliphatic carbocycles. The molecule has 0 bridgehead atoms. The molecule has 1 atom stereocenters. The molecule has 1 saturated carbocycles. The minimum absolute atomic E-state index is 0.0698. The molecule has 1 fully saturated rings. The van der Waals surface area contributed by atoms with E-state index in [9.17, 15) is 9.59 Å². The maximum atomic E-state index is 13.1. The molecule has 2 aromatic heterocycles. The molecule has 0 radical (unpaired) electrons. The van der Waals surface area contributed by atoms with Gasteiger partial charge in [-0.15, -0.1) is 10.2 Å². The number of ketones is 1. The van der Waals surface area contributed by atoms with Crippen molar-refractivity contribution in [2.24, 2.45) is 0 Å². The van der Waals surface area contributed by atoms with Crippen molar-refractivity contribution < 1.29 is 9.59 Å². The van der Waals surface area contributed by atoms with Crippen molar-refractivity contribution in [3.8, 4) is 0 Å². The van der Waals surface area contributed by atoms with E-state index in [-0.39, 0.29) is 23.0 Å². The molecule has 1 aliphatic rings. The number of aromatic amines is 1. The number of hydrogen-bond acceptors (Lipinski definition) is 6. The predicted molar refractivity (Wildman–Crippen MR) is 113 cm³/mol. The highest BCUT2D eigenvalue weighted by atomic mass is 32.2. The third kappa shape index (κ3) is 3.58. The van der Waals surface area contributed by atoms with Crippen LogP contribution >= 0.6 is 23.1 Å². The van der Waals surface area contributed by atoms with Gasteiger partial charge < -0.3 is 4.98 Å². The van der Waals surface area contributed by atoms with Crippen LogP contribution in [0.5, 0.6) is 0 Å². The number of para-hydroxylation sites is 1. The maximum absolute atomic E-state index is 13.1. The fourth-order valence-corrected chi connectivity index (χ4v) is 5.45. The standard InChI is InChI=1S/C20H22N4O2S2/c1-4-16(25)24(13-9-10-13)19-22-23-20(28-19)27-12(3)18(26)17-11(2)21-15-8-6-5-7-14(15)17/h5-8,12-13,21H,4,9-10H2,1-3H3. The number of carbonyl (C=O) groups excluding carboxylic acids is 2. The van der Waals surface area contributed by atoms with E-state index in [0.29, 0.717) is 15.9 Å². The Morgan fingerprint density at radius 3 is 2.79 bits per heavy atom. The Morgan fingerprint density at radius 2 is 2.07 bits per heavy atom. The van der Waals surface area contributed by atoms with Gasteiger partial charge in [-0.1, -0.05) is 48.2 Å². The van der Waals surface area contributed by atoms with Crippen molar-refractivity contribution in [2.75, 3.05) is 4.90 Å². The first-order valence-corrected chi connectivity index (χ1v) is 11.1. The molecule has 8 heteroatoms. The number of rotatable bonds is 7. The summed E-state index contributed by atoms with van der Waals surface area (Å²) in [6.45, 7) is 5.68. The number of nitrogens with zero attached hydrogens (tertiary/aromatic N) is 3. The fourth-order valence-electron chi connectivity index (χ4n) is 3.32. The molecule has 2 heterocycles. The van der Waals surface area contributed by atoms with Crippen LogP contribution in [0.1, 0.15) is 49.2 Å². The van der Waals surface area contributed by atoms with E-state index in [2.05, 4.69) is 15.2 Å². The molecular weight excluding hydrogens is 392 g/mol. The molecule has 1 amide bonds. The van der Waals surface area contributed by atoms with Crippen molar-refractivity contribution in [1.82, 2.24) is 15.2 Å². The molecule has 0 saturated heterocycles. The highest BCUT2D eigenvalue weighted by Gasteiger charge is 2.35. The van der Waals surface area contributed by atoms with Gasteiger partial charge in [0, 0.05) is 34.6 Å². The van der Waals surface area contributed by atoms with Crippen molar-refractivity contribution >= 4 is 50.8 Å². The molecule has 3 aromatic rings. The molecule has 28 heavy (non-hydrogen) atoms. The highest BCUT2D eigenvalue weighted by Crippen LogP contribution is 2.38. The number of H-pyrrole nitrogens is 1. The smallest absolute Gasteiger partial charge is 0.228 e. The molecule has 0 aliphatic heterocycles. The average molecular weight is 415 g/mol. The molecule has 146 valence electrons. The number of hydrogen-bond donors (Lipinski definition) is 1. The SMILES string of the molecule is CCC(=O)N(c1nnc(SC(C)C(=O)c2c(C)[nH]c3ccccc23)s1)C1CC1. The zero-order valence-corrected chi connectivity index (χ0v) is 17.7. The summed E-state index contributed by atoms with van der Waals surface area (Å²) in [5.41, 5.74) is 2.59. The number of nitrogens with one attached hydrogen (secondary N) is 1. The lowest BCUT2D eigenvalue weighted by Crippen LogP contribution is -2.32. The first-order chi connectivity index (χ1) is 13.5. The van der Waals surface area contributed by atoms with Gasteiger partial charge in [0.25, 0.3) is 0 Å². The van der Waals surface area contributed by atoms with E-state index >= 15 is 0 Å². The number of Topliss-reactive ketones (excluding diaryl/α,β-unsaturated/α-hetero) is 1. The summed E-state index contributed by atoms with van der Waals surface area (Å²) in [5, 5.41) is 9.75. The van der Waals surface area contributed by atoms with Crippen LogP contribution in [0.15, 0.2) is 28.6 Å². The lowest BCUT2D eigenvalue weighted by molar-refractivity contribution is -0.118. The summed E-state index contributed by atoms with van der Waals surface area (Å²) in [4.78, 5) is 30.4. The fraction of sp³-hybridized carbons (Fsp3) is 0.400. The number of carbonyl (C=O) groups is 2. The third-order valence-corrected chi connectivity index (χ3v) is 6.98. The van der Waals surface area contributed by atoms with Gasteiger partial charge in [0.15, 0.2) is 10.1 Å². The van der Waals surface area contributed by atoms with Crippen LogP contribution < -0.4 is 4.90 Å². The summed E-state index contributed by atoms with van der Waals surface area (Å²) in [7, 11) is 0. The van der Waals surface area contributed by atoms with Gasteiger partial charge in [0.05, 0.1) is 5.25 Å². The van der Waals surface area contributed by atoms with E-state index < -0.39 is 0 Å². The number of anilines is 1. The number of fused-ring (bicyclic) bond motifs is 1. The number of aryl methyl sites for hydroxylation is 1. The average Bonchev–Trinajstić information content (AvgIpc) is 3.31. The quantitative estimate of drug-likeness (QED) is 0.347. The first kappa shape index (κ1) is 19.1. The third-order valence-electron chi connectivity index (χ3n) is 4.87. The summed E-state index contributed by atoms with van der Waals surface area (Å²) < 4.78 is 0.711. The Hall–Kier alpha value is -2.19. The van der Waals surface area contributed by atoms with Crippen LogP contribution in [-0.4, -0.2) is 38.2 Å². The Kier molecular flexibility index (Phi) is 5.25. The molecule has 1 aromatic carbocycles. The minimum atomic E-state index is -0.296. The Morgan fingerprint density at radius 1 is 1.32 bits per heavy atom. The second-order valence-corrected chi connectivity index (χ2v) is 9.54. The molecular formula is C20H22N4O2S2. The van der Waals surface area contributed by atoms with Crippen LogP contribution in [0.25, 0.3) is 10.9 Å². The van der Waals surface area contributed by atoms with Gasteiger partial charge in [-0.3, -0.25) is 14.5 Å². The van der Waals surface area contributed by atoms with Crippen molar-refractivity contribution in [1.29, 1.82) is 0 Å². The Labute approximate surface area is 171 Å². The topological polar surface area (TPSA) is 79.0 Å². The largest absolute Gasteiger partial charge is 0.358 e. The summed E-state index contributed by atoms with van der Waals surface area (Å²) in [6.07, 6.45) is 2.48. The molecule has 6 nitrogen and oxygen atoms in total. The normalized spacial score (nSPS) is 15.0. The van der Waals surface area contributed by atoms with Gasteiger partial charge in [-0.2, -0.15) is 0 Å². The number of thioether (sulfide) groups is 1. The monoisotopic (exact) mass is 414 g/mol. The number of benzene rings is 1. The second kappa shape index (κ2) is 7.67. The van der Waals surface area contributed by atoms with Crippen molar-refractivity contribution in [3.63, 3.8) is 0 Å². The highest BCUT2D eigenvalue weighted by molar-refractivity contribution is 8.02. The summed E-state index contributed by atoms with van der Waals surface area (Å²) in [6, 6.07) is 8.10. The Bertz CT molecular complexity index is 1040. The number of aromatic nitrogens is 3. The van der Waals surface area contributed by atoms with E-state index in [1.807, 2.05) is 45.0 Å². The summed E-state index contributed by atoms with van der Waals surface area (Å²) in [5.74, 6) is 0.147. The zero-order chi connectivity index (χ0) is 19.8. The molecule has 1 N–H and O–H groups in total.